The van der Waals surface area contributed by atoms with Gasteiger partial charge in [-0.1, -0.05) is 23.2 Å². The number of sulfonamides is 1. The van der Waals surface area contributed by atoms with E-state index < -0.39 is 10.0 Å². The molecule has 0 aliphatic carbocycles. The molecule has 118 valence electrons. The van der Waals surface area contributed by atoms with Crippen LogP contribution in [-0.4, -0.2) is 50.3 Å². The number of piperazine rings is 1. The van der Waals surface area contributed by atoms with E-state index in [2.05, 4.69) is 4.90 Å². The molecule has 4 nitrogen and oxygen atoms in total. The standard InChI is InChI=1S/C13H17Cl3N2O2S/c1-9-8-18(4-3-17(9)2)21(19,20)12-6-11(15)5-10(7-14)13(12)16/h5-6,9H,3-4,7-8H2,1-2H3. The minimum atomic E-state index is -3.67. The molecule has 0 spiro atoms. The van der Waals surface area contributed by atoms with Gasteiger partial charge in [0.15, 0.2) is 0 Å². The molecule has 1 unspecified atom stereocenters. The Balaban J connectivity index is 2.43. The van der Waals surface area contributed by atoms with Crippen molar-refractivity contribution >= 4 is 44.8 Å². The Morgan fingerprint density at radius 2 is 1.95 bits per heavy atom. The highest BCUT2D eigenvalue weighted by molar-refractivity contribution is 7.89. The lowest BCUT2D eigenvalue weighted by Crippen LogP contribution is -2.51. The molecule has 0 radical (unpaired) electrons. The van der Waals surface area contributed by atoms with E-state index in [4.69, 9.17) is 34.8 Å². The molecule has 8 heteroatoms. The van der Waals surface area contributed by atoms with Gasteiger partial charge in [-0.05, 0) is 31.7 Å². The van der Waals surface area contributed by atoms with E-state index in [9.17, 15) is 8.42 Å². The summed E-state index contributed by atoms with van der Waals surface area (Å²) in [6, 6.07) is 3.12. The fraction of sp³-hybridized carbons (Fsp3) is 0.538. The topological polar surface area (TPSA) is 40.6 Å². The first kappa shape index (κ1) is 17.3. The van der Waals surface area contributed by atoms with E-state index in [1.165, 1.54) is 10.4 Å². The molecule has 0 amide bonds. The highest BCUT2D eigenvalue weighted by Gasteiger charge is 2.32. The Hall–Kier alpha value is -0.0400. The van der Waals surface area contributed by atoms with E-state index in [0.717, 1.165) is 0 Å². The summed E-state index contributed by atoms with van der Waals surface area (Å²) >= 11 is 18.0. The average molecular weight is 372 g/mol. The zero-order valence-corrected chi connectivity index (χ0v) is 14.9. The van der Waals surface area contributed by atoms with E-state index >= 15 is 0 Å². The smallest absolute Gasteiger partial charge is 0.244 e. The second kappa shape index (κ2) is 6.60. The second-order valence-corrected chi connectivity index (χ2v) is 8.19. The fourth-order valence-electron chi connectivity index (χ4n) is 2.28. The van der Waals surface area contributed by atoms with E-state index in [-0.39, 0.29) is 21.8 Å². The third-order valence-electron chi connectivity index (χ3n) is 3.76. The summed E-state index contributed by atoms with van der Waals surface area (Å²) in [5.41, 5.74) is 0.520. The van der Waals surface area contributed by atoms with Gasteiger partial charge in [-0.2, -0.15) is 4.31 Å². The Morgan fingerprint density at radius 3 is 2.52 bits per heavy atom. The number of alkyl halides is 1. The van der Waals surface area contributed by atoms with E-state index in [1.54, 1.807) is 6.07 Å². The minimum Gasteiger partial charge on any atom is -0.301 e. The first-order valence-electron chi connectivity index (χ1n) is 6.51. The van der Waals surface area contributed by atoms with Crippen LogP contribution in [0.2, 0.25) is 10.0 Å². The molecule has 21 heavy (non-hydrogen) atoms. The number of rotatable bonds is 3. The van der Waals surface area contributed by atoms with Crippen molar-refractivity contribution in [1.29, 1.82) is 0 Å². The van der Waals surface area contributed by atoms with Crippen LogP contribution in [0.15, 0.2) is 17.0 Å². The summed E-state index contributed by atoms with van der Waals surface area (Å²) < 4.78 is 27.1. The van der Waals surface area contributed by atoms with Crippen molar-refractivity contribution in [3.63, 3.8) is 0 Å². The summed E-state index contributed by atoms with van der Waals surface area (Å²) in [5, 5.41) is 0.469. The van der Waals surface area contributed by atoms with E-state index in [0.29, 0.717) is 30.2 Å². The van der Waals surface area contributed by atoms with Gasteiger partial charge >= 0.3 is 0 Å². The van der Waals surface area contributed by atoms with Gasteiger partial charge in [0.1, 0.15) is 4.90 Å². The molecule has 1 fully saturated rings. The van der Waals surface area contributed by atoms with Gasteiger partial charge in [-0.15, -0.1) is 11.6 Å². The molecule has 1 saturated heterocycles. The summed E-state index contributed by atoms with van der Waals surface area (Å²) in [4.78, 5) is 2.15. The van der Waals surface area contributed by atoms with Crippen molar-refractivity contribution in [3.8, 4) is 0 Å². The lowest BCUT2D eigenvalue weighted by Gasteiger charge is -2.37. The summed E-state index contributed by atoms with van der Waals surface area (Å²) in [5.74, 6) is 0.112. The quantitative estimate of drug-likeness (QED) is 0.767. The Kier molecular flexibility index (Phi) is 5.45. The molecule has 1 aromatic rings. The van der Waals surface area contributed by atoms with Crippen molar-refractivity contribution in [2.24, 2.45) is 0 Å². The zero-order chi connectivity index (χ0) is 15.8. The second-order valence-electron chi connectivity index (χ2n) is 5.20. The molecular weight excluding hydrogens is 355 g/mol. The Bertz CT molecular complexity index is 637. The van der Waals surface area contributed by atoms with Crippen molar-refractivity contribution in [3.05, 3.63) is 27.7 Å². The summed E-state index contributed by atoms with van der Waals surface area (Å²) in [6.45, 7) is 3.53. The van der Waals surface area contributed by atoms with Crippen LogP contribution >= 0.6 is 34.8 Å². The minimum absolute atomic E-state index is 0.0315. The maximum absolute atomic E-state index is 12.8. The summed E-state index contributed by atoms with van der Waals surface area (Å²) in [6.07, 6.45) is 0. The average Bonchev–Trinajstić information content (AvgIpc) is 2.43. The first-order valence-corrected chi connectivity index (χ1v) is 9.24. The molecule has 1 heterocycles. The van der Waals surface area contributed by atoms with Crippen LogP contribution in [0.4, 0.5) is 0 Å². The maximum Gasteiger partial charge on any atom is 0.244 e. The van der Waals surface area contributed by atoms with Crippen LogP contribution in [0, 0.1) is 0 Å². The third kappa shape index (κ3) is 3.49. The van der Waals surface area contributed by atoms with Crippen LogP contribution in [0.1, 0.15) is 12.5 Å². The van der Waals surface area contributed by atoms with Crippen LogP contribution < -0.4 is 0 Å². The Morgan fingerprint density at radius 1 is 1.29 bits per heavy atom. The molecule has 1 atom stereocenters. The highest BCUT2D eigenvalue weighted by Crippen LogP contribution is 2.33. The normalized spacial score (nSPS) is 21.7. The number of hydrogen-bond acceptors (Lipinski definition) is 3. The summed E-state index contributed by atoms with van der Waals surface area (Å²) in [7, 11) is -1.69. The molecule has 2 rings (SSSR count). The largest absolute Gasteiger partial charge is 0.301 e. The number of halogens is 3. The van der Waals surface area contributed by atoms with E-state index in [1.807, 2.05) is 14.0 Å². The lowest BCUT2D eigenvalue weighted by molar-refractivity contribution is 0.159. The SMILES string of the molecule is CC1CN(S(=O)(=O)c2cc(Cl)cc(CCl)c2Cl)CCN1C. The molecule has 0 aromatic heterocycles. The number of benzene rings is 1. The van der Waals surface area contributed by atoms with Gasteiger partial charge < -0.3 is 4.90 Å². The fourth-order valence-corrected chi connectivity index (χ4v) is 4.97. The third-order valence-corrected chi connectivity index (χ3v) is 6.72. The van der Waals surface area contributed by atoms with Gasteiger partial charge in [0, 0.05) is 36.6 Å². The maximum atomic E-state index is 12.8. The van der Waals surface area contributed by atoms with Crippen molar-refractivity contribution < 1.29 is 8.42 Å². The molecule has 0 N–H and O–H groups in total. The zero-order valence-electron chi connectivity index (χ0n) is 11.8. The van der Waals surface area contributed by atoms with Crippen molar-refractivity contribution in [2.75, 3.05) is 26.7 Å². The lowest BCUT2D eigenvalue weighted by atomic mass is 10.2. The predicted molar refractivity (Wildman–Crippen MR) is 86.9 cm³/mol. The van der Waals surface area contributed by atoms with Crippen LogP contribution in [0.3, 0.4) is 0 Å². The number of nitrogens with zero attached hydrogens (tertiary/aromatic N) is 2. The molecular formula is C13H17Cl3N2O2S. The predicted octanol–water partition coefficient (Wildman–Crippen LogP) is 3.06. The molecule has 0 saturated carbocycles. The number of likely N-dealkylation sites (N-methyl/N-ethyl adjacent to an activating group) is 1. The van der Waals surface area contributed by atoms with Crippen molar-refractivity contribution in [2.45, 2.75) is 23.7 Å². The van der Waals surface area contributed by atoms with Gasteiger partial charge in [0.25, 0.3) is 0 Å². The van der Waals surface area contributed by atoms with Crippen LogP contribution in [-0.2, 0) is 15.9 Å². The van der Waals surface area contributed by atoms with Crippen LogP contribution in [0.25, 0.3) is 0 Å². The Labute approximate surface area is 140 Å². The van der Waals surface area contributed by atoms with Gasteiger partial charge in [-0.25, -0.2) is 8.42 Å². The van der Waals surface area contributed by atoms with Gasteiger partial charge in [0.2, 0.25) is 10.0 Å². The molecule has 1 aromatic carbocycles. The molecule has 1 aliphatic rings. The molecule has 0 bridgehead atoms. The molecule has 1 aliphatic heterocycles. The number of hydrogen-bond donors (Lipinski definition) is 0. The van der Waals surface area contributed by atoms with Gasteiger partial charge in [-0.3, -0.25) is 0 Å². The monoisotopic (exact) mass is 370 g/mol. The van der Waals surface area contributed by atoms with Gasteiger partial charge in [0.05, 0.1) is 5.02 Å². The highest BCUT2D eigenvalue weighted by atomic mass is 35.5. The van der Waals surface area contributed by atoms with Crippen LogP contribution in [0.5, 0.6) is 0 Å². The first-order chi connectivity index (χ1) is 9.77. The van der Waals surface area contributed by atoms with Crippen molar-refractivity contribution in [1.82, 2.24) is 9.21 Å².